The maximum Gasteiger partial charge on any atom is 0.340 e. The average Bonchev–Trinajstić information content (AvgIpc) is 2.54. The summed E-state index contributed by atoms with van der Waals surface area (Å²) in [6, 6.07) is 20.4. The number of carbonyl (C=O) groups is 1. The number of nitrogens with zero attached hydrogens (tertiary/aromatic N) is 1. The first-order chi connectivity index (χ1) is 10.3. The lowest BCUT2D eigenvalue weighted by Gasteiger charge is -2.10. The van der Waals surface area contributed by atoms with Gasteiger partial charge in [-0.3, -0.25) is 0 Å². The van der Waals surface area contributed by atoms with E-state index in [1.165, 1.54) is 0 Å². The summed E-state index contributed by atoms with van der Waals surface area (Å²) in [4.78, 5) is 12.3. The van der Waals surface area contributed by atoms with Crippen molar-refractivity contribution in [1.29, 1.82) is 5.26 Å². The molecule has 0 N–H and O–H groups in total. The van der Waals surface area contributed by atoms with Crippen LogP contribution in [0.15, 0.2) is 60.7 Å². The monoisotopic (exact) mass is 277 g/mol. The molecule has 0 aliphatic rings. The minimum atomic E-state index is -0.482. The Bertz CT molecular complexity index is 682. The number of rotatable bonds is 4. The van der Waals surface area contributed by atoms with Gasteiger partial charge >= 0.3 is 5.97 Å². The maximum atomic E-state index is 12.3. The molecule has 0 bridgehead atoms. The zero-order valence-electron chi connectivity index (χ0n) is 11.7. The molecule has 0 fully saturated rings. The molecule has 0 unspecified atom stereocenters. The van der Waals surface area contributed by atoms with Gasteiger partial charge in [0.15, 0.2) is 0 Å². The normalized spacial score (nSPS) is 11.2. The van der Waals surface area contributed by atoms with Crippen LogP contribution in [-0.4, -0.2) is 12.6 Å². The summed E-state index contributed by atoms with van der Waals surface area (Å²) in [5.74, 6) is -0.482. The second-order valence-corrected chi connectivity index (χ2v) is 4.31. The van der Waals surface area contributed by atoms with Gasteiger partial charge in [-0.05, 0) is 18.1 Å². The molecule has 0 saturated carbocycles. The van der Waals surface area contributed by atoms with Gasteiger partial charge in [0.05, 0.1) is 17.8 Å². The van der Waals surface area contributed by atoms with Gasteiger partial charge in [-0.2, -0.15) is 5.26 Å². The van der Waals surface area contributed by atoms with Crippen LogP contribution >= 0.6 is 0 Å². The maximum absolute atomic E-state index is 12.3. The molecule has 0 aliphatic heterocycles. The van der Waals surface area contributed by atoms with Crippen molar-refractivity contribution in [2.24, 2.45) is 0 Å². The highest BCUT2D eigenvalue weighted by atomic mass is 16.5. The van der Waals surface area contributed by atoms with Crippen molar-refractivity contribution in [2.75, 3.05) is 6.61 Å². The van der Waals surface area contributed by atoms with E-state index < -0.39 is 5.97 Å². The Labute approximate surface area is 124 Å². The zero-order valence-corrected chi connectivity index (χ0v) is 11.7. The molecule has 21 heavy (non-hydrogen) atoms. The summed E-state index contributed by atoms with van der Waals surface area (Å²) in [5, 5.41) is 9.51. The number of ether oxygens (including phenoxy) is 1. The fraction of sp³-hybridized carbons (Fsp3) is 0.111. The molecule has 3 nitrogen and oxygen atoms in total. The lowest BCUT2D eigenvalue weighted by Crippen LogP contribution is -2.09. The molecule has 0 spiro atoms. The molecule has 3 heteroatoms. The van der Waals surface area contributed by atoms with Crippen LogP contribution in [0.4, 0.5) is 0 Å². The van der Waals surface area contributed by atoms with Crippen LogP contribution in [0.3, 0.4) is 0 Å². The quantitative estimate of drug-likeness (QED) is 0.371. The van der Waals surface area contributed by atoms with Gasteiger partial charge in [-0.15, -0.1) is 0 Å². The number of hydrogen-bond acceptors (Lipinski definition) is 3. The van der Waals surface area contributed by atoms with E-state index in [-0.39, 0.29) is 6.61 Å². The van der Waals surface area contributed by atoms with Gasteiger partial charge in [-0.1, -0.05) is 60.7 Å². The van der Waals surface area contributed by atoms with Crippen molar-refractivity contribution in [2.45, 2.75) is 6.92 Å². The van der Waals surface area contributed by atoms with E-state index in [4.69, 9.17) is 4.74 Å². The van der Waals surface area contributed by atoms with Crippen molar-refractivity contribution in [1.82, 2.24) is 0 Å². The molecular formula is C18H15NO2. The fourth-order valence-corrected chi connectivity index (χ4v) is 2.04. The van der Waals surface area contributed by atoms with E-state index in [0.717, 1.165) is 0 Å². The van der Waals surface area contributed by atoms with Crippen molar-refractivity contribution < 1.29 is 9.53 Å². The fourth-order valence-electron chi connectivity index (χ4n) is 2.04. The molecule has 0 radical (unpaired) electrons. The number of nitriles is 1. The third-order valence-corrected chi connectivity index (χ3v) is 2.97. The van der Waals surface area contributed by atoms with Gasteiger partial charge in [-0.25, -0.2) is 4.79 Å². The lowest BCUT2D eigenvalue weighted by molar-refractivity contribution is -0.136. The van der Waals surface area contributed by atoms with E-state index in [2.05, 4.69) is 6.07 Å². The highest BCUT2D eigenvalue weighted by Crippen LogP contribution is 2.27. The molecule has 104 valence electrons. The third kappa shape index (κ3) is 3.37. The molecule has 0 heterocycles. The Morgan fingerprint density at radius 2 is 1.52 bits per heavy atom. The van der Waals surface area contributed by atoms with Crippen LogP contribution in [0.1, 0.15) is 18.1 Å². The van der Waals surface area contributed by atoms with E-state index in [1.807, 2.05) is 36.4 Å². The molecule has 0 aromatic heterocycles. The van der Waals surface area contributed by atoms with Crippen LogP contribution in [0.25, 0.3) is 11.1 Å². The van der Waals surface area contributed by atoms with E-state index >= 15 is 0 Å². The summed E-state index contributed by atoms with van der Waals surface area (Å²) in [7, 11) is 0. The Kier molecular flexibility index (Phi) is 4.89. The third-order valence-electron chi connectivity index (χ3n) is 2.97. The molecular weight excluding hydrogens is 262 g/mol. The topological polar surface area (TPSA) is 50.1 Å². The molecule has 0 saturated heterocycles. The minimum Gasteiger partial charge on any atom is -0.462 e. The number of hydrogen-bond donors (Lipinski definition) is 0. The molecule has 2 rings (SSSR count). The standard InChI is InChI=1S/C18H15NO2/c1-2-21-18(20)17(15-11-7-4-8-12-15)16(13-19)14-9-5-3-6-10-14/h3-12H,2H2,1H3. The van der Waals surface area contributed by atoms with Crippen LogP contribution in [0.5, 0.6) is 0 Å². The summed E-state index contributed by atoms with van der Waals surface area (Å²) in [5.41, 5.74) is 2.00. The summed E-state index contributed by atoms with van der Waals surface area (Å²) in [6.45, 7) is 2.01. The van der Waals surface area contributed by atoms with E-state index in [0.29, 0.717) is 22.3 Å². The second kappa shape index (κ2) is 7.06. The van der Waals surface area contributed by atoms with Crippen molar-refractivity contribution >= 4 is 17.1 Å². The van der Waals surface area contributed by atoms with Crippen molar-refractivity contribution in [3.63, 3.8) is 0 Å². The second-order valence-electron chi connectivity index (χ2n) is 4.31. The van der Waals surface area contributed by atoms with Crippen LogP contribution < -0.4 is 0 Å². The van der Waals surface area contributed by atoms with E-state index in [1.54, 1.807) is 31.2 Å². The first-order valence-corrected chi connectivity index (χ1v) is 6.70. The van der Waals surface area contributed by atoms with Crippen LogP contribution in [0, 0.1) is 11.3 Å². The summed E-state index contributed by atoms with van der Waals surface area (Å²) >= 11 is 0. The summed E-state index contributed by atoms with van der Waals surface area (Å²) < 4.78 is 5.11. The number of allylic oxidation sites excluding steroid dienone is 1. The first-order valence-electron chi connectivity index (χ1n) is 6.70. The van der Waals surface area contributed by atoms with Crippen LogP contribution in [-0.2, 0) is 9.53 Å². The SMILES string of the molecule is CCOC(=O)C(=C(C#N)c1ccccc1)c1ccccc1. The number of esters is 1. The minimum absolute atomic E-state index is 0.267. The highest BCUT2D eigenvalue weighted by Gasteiger charge is 2.19. The molecule has 0 amide bonds. The zero-order chi connectivity index (χ0) is 15.1. The predicted octanol–water partition coefficient (Wildman–Crippen LogP) is 3.68. The Morgan fingerprint density at radius 1 is 1.00 bits per heavy atom. The van der Waals surface area contributed by atoms with Crippen molar-refractivity contribution in [3.8, 4) is 6.07 Å². The average molecular weight is 277 g/mol. The van der Waals surface area contributed by atoms with Gasteiger partial charge in [0.1, 0.15) is 6.07 Å². The van der Waals surface area contributed by atoms with Crippen molar-refractivity contribution in [3.05, 3.63) is 71.8 Å². The Hall–Kier alpha value is -2.86. The van der Waals surface area contributed by atoms with Crippen LogP contribution in [0.2, 0.25) is 0 Å². The van der Waals surface area contributed by atoms with Gasteiger partial charge in [0.25, 0.3) is 0 Å². The van der Waals surface area contributed by atoms with Gasteiger partial charge < -0.3 is 4.74 Å². The summed E-state index contributed by atoms with van der Waals surface area (Å²) in [6.07, 6.45) is 0. The first kappa shape index (κ1) is 14.5. The lowest BCUT2D eigenvalue weighted by atomic mass is 9.95. The molecule has 2 aromatic carbocycles. The predicted molar refractivity (Wildman–Crippen MR) is 81.9 cm³/mol. The Morgan fingerprint density at radius 3 is 2.00 bits per heavy atom. The number of carbonyl (C=O) groups excluding carboxylic acids is 1. The highest BCUT2D eigenvalue weighted by molar-refractivity contribution is 6.26. The Balaban J connectivity index is 2.65. The molecule has 0 atom stereocenters. The van der Waals surface area contributed by atoms with Gasteiger partial charge in [0.2, 0.25) is 0 Å². The van der Waals surface area contributed by atoms with Gasteiger partial charge in [0, 0.05) is 0 Å². The largest absolute Gasteiger partial charge is 0.462 e. The molecule has 0 aliphatic carbocycles. The van der Waals surface area contributed by atoms with E-state index in [9.17, 15) is 10.1 Å². The number of benzene rings is 2. The molecule has 2 aromatic rings. The smallest absolute Gasteiger partial charge is 0.340 e.